The summed E-state index contributed by atoms with van der Waals surface area (Å²) in [5, 5.41) is 2.87. The van der Waals surface area contributed by atoms with Crippen molar-refractivity contribution >= 4 is 26.5 Å². The van der Waals surface area contributed by atoms with Crippen LogP contribution in [0, 0.1) is 0 Å². The number of rotatable bonds is 3. The molecular formula is C16H24N2Si2. The van der Waals surface area contributed by atoms with Crippen LogP contribution in [-0.4, -0.2) is 26.1 Å². The lowest BCUT2D eigenvalue weighted by Crippen LogP contribution is -2.38. The average Bonchev–Trinajstić information content (AvgIpc) is 2.37. The smallest absolute Gasteiger partial charge is 0.0884 e. The highest BCUT2D eigenvalue weighted by molar-refractivity contribution is 6.89. The minimum atomic E-state index is -1.31. The van der Waals surface area contributed by atoms with Gasteiger partial charge in [-0.2, -0.15) is 0 Å². The van der Waals surface area contributed by atoms with Crippen LogP contribution in [0.5, 0.6) is 0 Å². The average molecular weight is 301 g/mol. The second kappa shape index (κ2) is 5.26. The van der Waals surface area contributed by atoms with E-state index in [1.54, 1.807) is 0 Å². The van der Waals surface area contributed by atoms with Gasteiger partial charge in [-0.1, -0.05) is 49.7 Å². The van der Waals surface area contributed by atoms with Crippen molar-refractivity contribution in [3.8, 4) is 11.4 Å². The topological polar surface area (TPSA) is 25.8 Å². The van der Waals surface area contributed by atoms with Crippen molar-refractivity contribution in [3.05, 3.63) is 36.7 Å². The maximum absolute atomic E-state index is 4.52. The Kier molecular flexibility index (Phi) is 3.98. The SMILES string of the molecule is C[Si](C)(C)c1ccnc(-c2cc([Si](C)(C)C)ccn2)c1. The van der Waals surface area contributed by atoms with Crippen LogP contribution in [0.4, 0.5) is 0 Å². The van der Waals surface area contributed by atoms with Gasteiger partial charge in [0.05, 0.1) is 27.5 Å². The molecule has 0 amide bonds. The molecule has 0 saturated heterocycles. The lowest BCUT2D eigenvalue weighted by molar-refractivity contribution is 1.25. The van der Waals surface area contributed by atoms with Gasteiger partial charge in [0.1, 0.15) is 0 Å². The van der Waals surface area contributed by atoms with Crippen LogP contribution in [0.1, 0.15) is 0 Å². The van der Waals surface area contributed by atoms with E-state index in [1.807, 2.05) is 12.4 Å². The van der Waals surface area contributed by atoms with Gasteiger partial charge in [0, 0.05) is 12.4 Å². The highest BCUT2D eigenvalue weighted by Crippen LogP contribution is 2.14. The summed E-state index contributed by atoms with van der Waals surface area (Å²) in [4.78, 5) is 9.04. The van der Waals surface area contributed by atoms with Crippen molar-refractivity contribution in [3.63, 3.8) is 0 Å². The second-order valence-corrected chi connectivity index (χ2v) is 17.5. The first-order valence-electron chi connectivity index (χ1n) is 7.11. The predicted octanol–water partition coefficient (Wildman–Crippen LogP) is 3.23. The van der Waals surface area contributed by atoms with Crippen LogP contribution in [0.2, 0.25) is 39.3 Å². The first-order chi connectivity index (χ1) is 9.18. The summed E-state index contributed by atoms with van der Waals surface area (Å²) in [6.45, 7) is 14.2. The summed E-state index contributed by atoms with van der Waals surface area (Å²) in [5.41, 5.74) is 2.01. The molecule has 0 aliphatic rings. The van der Waals surface area contributed by atoms with E-state index in [4.69, 9.17) is 0 Å². The van der Waals surface area contributed by atoms with Crippen LogP contribution in [0.15, 0.2) is 36.7 Å². The molecule has 2 rings (SSSR count). The van der Waals surface area contributed by atoms with Crippen LogP contribution in [-0.2, 0) is 0 Å². The first-order valence-corrected chi connectivity index (χ1v) is 14.1. The summed E-state index contributed by atoms with van der Waals surface area (Å²) in [5.74, 6) is 0. The number of hydrogen-bond acceptors (Lipinski definition) is 2. The molecule has 2 heterocycles. The molecule has 0 N–H and O–H groups in total. The maximum atomic E-state index is 4.52. The molecule has 0 aliphatic carbocycles. The molecule has 2 nitrogen and oxygen atoms in total. The molecule has 2 aromatic heterocycles. The van der Waals surface area contributed by atoms with Gasteiger partial charge in [0.2, 0.25) is 0 Å². The van der Waals surface area contributed by atoms with Gasteiger partial charge in [-0.05, 0) is 24.3 Å². The number of nitrogens with zero attached hydrogens (tertiary/aromatic N) is 2. The van der Waals surface area contributed by atoms with Crippen molar-refractivity contribution in [1.29, 1.82) is 0 Å². The minimum Gasteiger partial charge on any atom is -0.255 e. The molecule has 0 fully saturated rings. The highest BCUT2D eigenvalue weighted by Gasteiger charge is 2.19. The first kappa shape index (κ1) is 15.1. The van der Waals surface area contributed by atoms with E-state index in [0.29, 0.717) is 0 Å². The largest absolute Gasteiger partial charge is 0.255 e. The Morgan fingerprint density at radius 2 is 1.00 bits per heavy atom. The zero-order valence-electron chi connectivity index (χ0n) is 13.4. The van der Waals surface area contributed by atoms with Gasteiger partial charge < -0.3 is 0 Å². The Morgan fingerprint density at radius 3 is 1.30 bits per heavy atom. The van der Waals surface area contributed by atoms with E-state index in [1.165, 1.54) is 10.4 Å². The number of pyridine rings is 2. The van der Waals surface area contributed by atoms with Crippen molar-refractivity contribution < 1.29 is 0 Å². The van der Waals surface area contributed by atoms with Crippen molar-refractivity contribution in [2.75, 3.05) is 0 Å². The molecule has 0 aromatic carbocycles. The fraction of sp³-hybridized carbons (Fsp3) is 0.375. The third-order valence-electron chi connectivity index (χ3n) is 3.51. The molecule has 20 heavy (non-hydrogen) atoms. The minimum absolute atomic E-state index is 1.00. The lowest BCUT2D eigenvalue weighted by Gasteiger charge is -2.18. The molecule has 0 bridgehead atoms. The number of aromatic nitrogens is 2. The summed E-state index contributed by atoms with van der Waals surface area (Å²) in [6, 6.07) is 8.75. The zero-order valence-corrected chi connectivity index (χ0v) is 15.4. The fourth-order valence-corrected chi connectivity index (χ4v) is 4.36. The third-order valence-corrected chi connectivity index (χ3v) is 7.60. The van der Waals surface area contributed by atoms with Crippen LogP contribution < -0.4 is 10.4 Å². The molecule has 4 heteroatoms. The third kappa shape index (κ3) is 3.43. The van der Waals surface area contributed by atoms with Crippen molar-refractivity contribution in [1.82, 2.24) is 9.97 Å². The maximum Gasteiger partial charge on any atom is 0.0884 e. The summed E-state index contributed by atoms with van der Waals surface area (Å²) in [7, 11) is -2.61. The number of hydrogen-bond donors (Lipinski definition) is 0. The van der Waals surface area contributed by atoms with Gasteiger partial charge in [-0.15, -0.1) is 0 Å². The standard InChI is InChI=1S/C16H24N2Si2/c1-19(2,3)13-7-9-17-15(11-13)16-12-14(8-10-18-16)20(4,5)6/h7-12H,1-6H3. The Balaban J connectivity index is 2.47. The fourth-order valence-electron chi connectivity index (χ4n) is 2.07. The van der Waals surface area contributed by atoms with Gasteiger partial charge in [0.15, 0.2) is 0 Å². The summed E-state index contributed by atoms with van der Waals surface area (Å²) < 4.78 is 0. The van der Waals surface area contributed by atoms with Crippen molar-refractivity contribution in [2.24, 2.45) is 0 Å². The van der Waals surface area contributed by atoms with E-state index < -0.39 is 16.1 Å². The van der Waals surface area contributed by atoms with Gasteiger partial charge >= 0.3 is 0 Å². The predicted molar refractivity (Wildman–Crippen MR) is 93.4 cm³/mol. The van der Waals surface area contributed by atoms with E-state index in [-0.39, 0.29) is 0 Å². The molecule has 106 valence electrons. The Labute approximate surface area is 124 Å². The highest BCUT2D eigenvalue weighted by atomic mass is 28.3. The molecule has 0 spiro atoms. The van der Waals surface area contributed by atoms with Crippen LogP contribution in [0.25, 0.3) is 11.4 Å². The summed E-state index contributed by atoms with van der Waals surface area (Å²) in [6.07, 6.45) is 3.84. The van der Waals surface area contributed by atoms with Crippen LogP contribution in [0.3, 0.4) is 0 Å². The molecule has 0 unspecified atom stereocenters. The Bertz CT molecular complexity index is 555. The van der Waals surface area contributed by atoms with Gasteiger partial charge in [-0.3, -0.25) is 9.97 Å². The summed E-state index contributed by atoms with van der Waals surface area (Å²) >= 11 is 0. The quantitative estimate of drug-likeness (QED) is 0.813. The van der Waals surface area contributed by atoms with Crippen LogP contribution >= 0.6 is 0 Å². The van der Waals surface area contributed by atoms with Crippen molar-refractivity contribution in [2.45, 2.75) is 39.3 Å². The normalized spacial score (nSPS) is 12.5. The molecular weight excluding hydrogens is 276 g/mol. The molecule has 2 aromatic rings. The molecule has 0 saturated carbocycles. The van der Waals surface area contributed by atoms with Gasteiger partial charge in [-0.25, -0.2) is 0 Å². The van der Waals surface area contributed by atoms with E-state index in [9.17, 15) is 0 Å². The second-order valence-electron chi connectivity index (χ2n) is 7.36. The molecule has 0 aliphatic heterocycles. The molecule has 0 atom stereocenters. The van der Waals surface area contributed by atoms with E-state index in [2.05, 4.69) is 73.5 Å². The van der Waals surface area contributed by atoms with Gasteiger partial charge in [0.25, 0.3) is 0 Å². The monoisotopic (exact) mass is 300 g/mol. The van der Waals surface area contributed by atoms with E-state index >= 15 is 0 Å². The van der Waals surface area contributed by atoms with E-state index in [0.717, 1.165) is 11.4 Å². The Morgan fingerprint density at radius 1 is 0.650 bits per heavy atom. The molecule has 0 radical (unpaired) electrons. The lowest BCUT2D eigenvalue weighted by atomic mass is 10.2. The Hall–Kier alpha value is -1.27. The zero-order chi connectivity index (χ0) is 15.0.